The molecule has 0 aromatic carbocycles. The lowest BCUT2D eigenvalue weighted by Crippen LogP contribution is -2.06. The zero-order chi connectivity index (χ0) is 13.2. The Kier molecular flexibility index (Phi) is 3.00. The summed E-state index contributed by atoms with van der Waals surface area (Å²) in [5.74, 6) is 0.841. The average molecular weight is 276 g/mol. The van der Waals surface area contributed by atoms with E-state index in [0.29, 0.717) is 29.5 Å². The Morgan fingerprint density at radius 3 is 3.00 bits per heavy atom. The summed E-state index contributed by atoms with van der Waals surface area (Å²) >= 11 is 1.58. The molecule has 0 aliphatic heterocycles. The first-order valence-corrected chi connectivity index (χ1v) is 6.61. The molecule has 3 rings (SSSR count). The van der Waals surface area contributed by atoms with Gasteiger partial charge < -0.3 is 10.5 Å². The molecular formula is C11H12N6OS. The largest absolute Gasteiger partial charge is 0.479 e. The number of ether oxygens (including phenoxy) is 1. The maximum absolute atomic E-state index is 5.93. The second kappa shape index (κ2) is 4.81. The molecule has 2 N–H and O–H groups in total. The number of methoxy groups -OCH3 is 1. The normalized spacial score (nSPS) is 11.0. The highest BCUT2D eigenvalue weighted by molar-refractivity contribution is 7.07. The van der Waals surface area contributed by atoms with Crippen LogP contribution in [0.5, 0.6) is 5.88 Å². The molecule has 7 nitrogen and oxygen atoms in total. The molecule has 0 aliphatic carbocycles. The number of hydrogen-bond acceptors (Lipinski definition) is 7. The SMILES string of the molecule is COc1ncnc2c1nc(N)n2CCc1cscn1. The highest BCUT2D eigenvalue weighted by Gasteiger charge is 2.14. The highest BCUT2D eigenvalue weighted by Crippen LogP contribution is 2.22. The number of aromatic nitrogens is 5. The lowest BCUT2D eigenvalue weighted by Gasteiger charge is -2.04. The van der Waals surface area contributed by atoms with Crippen molar-refractivity contribution < 1.29 is 4.74 Å². The molecule has 0 fully saturated rings. The fourth-order valence-corrected chi connectivity index (χ4v) is 2.48. The van der Waals surface area contributed by atoms with Crippen molar-refractivity contribution in [2.75, 3.05) is 12.8 Å². The molecule has 3 aromatic rings. The fourth-order valence-electron chi connectivity index (χ4n) is 1.89. The zero-order valence-corrected chi connectivity index (χ0v) is 11.1. The number of imidazole rings is 1. The molecule has 0 unspecified atom stereocenters. The number of aryl methyl sites for hydroxylation is 2. The van der Waals surface area contributed by atoms with E-state index in [1.165, 1.54) is 6.33 Å². The van der Waals surface area contributed by atoms with Crippen LogP contribution in [0.1, 0.15) is 5.69 Å². The van der Waals surface area contributed by atoms with Crippen LogP contribution >= 0.6 is 11.3 Å². The summed E-state index contributed by atoms with van der Waals surface area (Å²) in [4.78, 5) is 16.7. The van der Waals surface area contributed by atoms with E-state index in [2.05, 4.69) is 19.9 Å². The van der Waals surface area contributed by atoms with Crippen LogP contribution in [0.4, 0.5) is 5.95 Å². The van der Waals surface area contributed by atoms with E-state index in [1.807, 2.05) is 15.5 Å². The molecule has 8 heteroatoms. The molecule has 0 radical (unpaired) electrons. The first-order valence-electron chi connectivity index (χ1n) is 5.67. The molecule has 3 heterocycles. The van der Waals surface area contributed by atoms with Gasteiger partial charge in [0.05, 0.1) is 18.3 Å². The number of thiazole rings is 1. The minimum absolute atomic E-state index is 0.407. The molecule has 3 aromatic heterocycles. The quantitative estimate of drug-likeness (QED) is 0.767. The Bertz CT molecular complexity index is 693. The smallest absolute Gasteiger partial charge is 0.245 e. The summed E-state index contributed by atoms with van der Waals surface area (Å²) in [5, 5.41) is 2.02. The van der Waals surface area contributed by atoms with Crippen molar-refractivity contribution in [1.29, 1.82) is 0 Å². The minimum atomic E-state index is 0.407. The van der Waals surface area contributed by atoms with Crippen LogP contribution in [0.3, 0.4) is 0 Å². The van der Waals surface area contributed by atoms with Crippen molar-refractivity contribution in [3.05, 3.63) is 22.9 Å². The van der Waals surface area contributed by atoms with Crippen LogP contribution in [-0.2, 0) is 13.0 Å². The van der Waals surface area contributed by atoms with Gasteiger partial charge in [0.2, 0.25) is 11.8 Å². The molecule has 19 heavy (non-hydrogen) atoms. The van der Waals surface area contributed by atoms with Gasteiger partial charge in [0.25, 0.3) is 0 Å². The summed E-state index contributed by atoms with van der Waals surface area (Å²) in [6.45, 7) is 0.673. The van der Waals surface area contributed by atoms with Gasteiger partial charge in [-0.25, -0.2) is 15.0 Å². The van der Waals surface area contributed by atoms with E-state index < -0.39 is 0 Å². The van der Waals surface area contributed by atoms with Gasteiger partial charge in [0.1, 0.15) is 6.33 Å². The van der Waals surface area contributed by atoms with Crippen LogP contribution in [0.15, 0.2) is 17.2 Å². The number of anilines is 1. The van der Waals surface area contributed by atoms with Gasteiger partial charge >= 0.3 is 0 Å². The number of hydrogen-bond donors (Lipinski definition) is 1. The monoisotopic (exact) mass is 276 g/mol. The highest BCUT2D eigenvalue weighted by atomic mass is 32.1. The van der Waals surface area contributed by atoms with Crippen molar-refractivity contribution in [3.8, 4) is 5.88 Å². The van der Waals surface area contributed by atoms with Crippen molar-refractivity contribution in [2.24, 2.45) is 0 Å². The maximum Gasteiger partial charge on any atom is 0.245 e. The number of nitrogens with zero attached hydrogens (tertiary/aromatic N) is 5. The lowest BCUT2D eigenvalue weighted by atomic mass is 10.3. The molecular weight excluding hydrogens is 264 g/mol. The summed E-state index contributed by atoms with van der Waals surface area (Å²) in [5.41, 5.74) is 10.0. The van der Waals surface area contributed by atoms with Gasteiger partial charge in [-0.2, -0.15) is 4.98 Å². The van der Waals surface area contributed by atoms with Gasteiger partial charge in [0, 0.05) is 18.3 Å². The van der Waals surface area contributed by atoms with Crippen molar-refractivity contribution in [2.45, 2.75) is 13.0 Å². The predicted molar refractivity (Wildman–Crippen MR) is 72.1 cm³/mol. The Labute approximate surface area is 113 Å². The van der Waals surface area contributed by atoms with Crippen molar-refractivity contribution >= 4 is 28.4 Å². The van der Waals surface area contributed by atoms with E-state index in [-0.39, 0.29) is 0 Å². The molecule has 0 atom stereocenters. The fraction of sp³-hybridized carbons (Fsp3) is 0.273. The van der Waals surface area contributed by atoms with Gasteiger partial charge in [0.15, 0.2) is 11.2 Å². The van der Waals surface area contributed by atoms with E-state index in [9.17, 15) is 0 Å². The van der Waals surface area contributed by atoms with Gasteiger partial charge in [-0.05, 0) is 0 Å². The number of rotatable bonds is 4. The molecule has 0 aliphatic rings. The Hall–Kier alpha value is -2.22. The van der Waals surface area contributed by atoms with E-state index in [1.54, 1.807) is 18.4 Å². The summed E-state index contributed by atoms with van der Waals surface area (Å²) < 4.78 is 7.00. The number of fused-ring (bicyclic) bond motifs is 1. The Morgan fingerprint density at radius 1 is 1.37 bits per heavy atom. The van der Waals surface area contributed by atoms with E-state index in [0.717, 1.165) is 12.1 Å². The van der Waals surface area contributed by atoms with Gasteiger partial charge in [-0.15, -0.1) is 11.3 Å². The minimum Gasteiger partial charge on any atom is -0.479 e. The van der Waals surface area contributed by atoms with Gasteiger partial charge in [-0.3, -0.25) is 4.57 Å². The molecule has 0 amide bonds. The van der Waals surface area contributed by atoms with Crippen molar-refractivity contribution in [1.82, 2.24) is 24.5 Å². The summed E-state index contributed by atoms with van der Waals surface area (Å²) in [7, 11) is 1.55. The van der Waals surface area contributed by atoms with E-state index in [4.69, 9.17) is 10.5 Å². The van der Waals surface area contributed by atoms with Crippen LogP contribution in [0.2, 0.25) is 0 Å². The topological polar surface area (TPSA) is 91.7 Å². The van der Waals surface area contributed by atoms with Crippen LogP contribution < -0.4 is 10.5 Å². The molecule has 0 spiro atoms. The third kappa shape index (κ3) is 2.10. The first kappa shape index (κ1) is 11.8. The zero-order valence-electron chi connectivity index (χ0n) is 10.3. The predicted octanol–water partition coefficient (Wildman–Crippen LogP) is 1.12. The lowest BCUT2D eigenvalue weighted by molar-refractivity contribution is 0.401. The Balaban J connectivity index is 1.96. The first-order chi connectivity index (χ1) is 9.29. The molecule has 98 valence electrons. The number of nitrogen functional groups attached to an aromatic ring is 1. The van der Waals surface area contributed by atoms with Gasteiger partial charge in [-0.1, -0.05) is 0 Å². The molecule has 0 bridgehead atoms. The summed E-state index contributed by atoms with van der Waals surface area (Å²) in [6, 6.07) is 0. The summed E-state index contributed by atoms with van der Waals surface area (Å²) in [6.07, 6.45) is 2.23. The third-order valence-corrected chi connectivity index (χ3v) is 3.43. The maximum atomic E-state index is 5.93. The second-order valence-electron chi connectivity index (χ2n) is 3.91. The molecule has 0 saturated heterocycles. The van der Waals surface area contributed by atoms with Crippen LogP contribution in [0.25, 0.3) is 11.2 Å². The standard InChI is InChI=1S/C11H12N6OS/c1-18-10-8-9(13-5-14-10)17(11(12)16-8)3-2-7-4-19-6-15-7/h4-6H,2-3H2,1H3,(H2,12,16). The van der Waals surface area contributed by atoms with Crippen LogP contribution in [0, 0.1) is 0 Å². The third-order valence-electron chi connectivity index (χ3n) is 2.80. The average Bonchev–Trinajstić information content (AvgIpc) is 3.03. The Morgan fingerprint density at radius 2 is 2.26 bits per heavy atom. The van der Waals surface area contributed by atoms with Crippen molar-refractivity contribution in [3.63, 3.8) is 0 Å². The molecule has 0 saturated carbocycles. The van der Waals surface area contributed by atoms with Crippen LogP contribution in [-0.4, -0.2) is 31.6 Å². The second-order valence-corrected chi connectivity index (χ2v) is 4.63. The van der Waals surface area contributed by atoms with E-state index >= 15 is 0 Å². The number of nitrogens with two attached hydrogens (primary N) is 1.